The molecule has 9 heteroatoms. The van der Waals surface area contributed by atoms with Crippen LogP contribution in [0.2, 0.25) is 0 Å². The number of hydrogen-bond acceptors (Lipinski definition) is 7. The molecule has 2 saturated heterocycles. The zero-order valence-corrected chi connectivity index (χ0v) is 23.4. The van der Waals surface area contributed by atoms with Crippen LogP contribution in [-0.2, 0) is 16.1 Å². The highest BCUT2D eigenvalue weighted by Gasteiger charge is 2.48. The van der Waals surface area contributed by atoms with Gasteiger partial charge in [-0.15, -0.1) is 0 Å². The van der Waals surface area contributed by atoms with E-state index in [0.717, 1.165) is 50.5 Å². The molecule has 3 aliphatic heterocycles. The van der Waals surface area contributed by atoms with Gasteiger partial charge in [0.2, 0.25) is 11.9 Å². The van der Waals surface area contributed by atoms with Crippen LogP contribution < -0.4 is 10.2 Å². The molecule has 39 heavy (non-hydrogen) atoms. The van der Waals surface area contributed by atoms with Crippen molar-refractivity contribution in [2.45, 2.75) is 71.6 Å². The molecule has 1 aliphatic carbocycles. The summed E-state index contributed by atoms with van der Waals surface area (Å²) in [6.45, 7) is 10.5. The first-order valence-electron chi connectivity index (χ1n) is 14.5. The summed E-state index contributed by atoms with van der Waals surface area (Å²) < 4.78 is 5.20. The van der Waals surface area contributed by atoms with E-state index in [2.05, 4.69) is 51.4 Å². The first-order chi connectivity index (χ1) is 18.8. The minimum Gasteiger partial charge on any atom is -0.444 e. The summed E-state index contributed by atoms with van der Waals surface area (Å²) in [5, 5.41) is 3.41. The Hall–Kier alpha value is -3.20. The first-order valence-corrected chi connectivity index (χ1v) is 14.5. The number of aromatic nitrogens is 2. The van der Waals surface area contributed by atoms with Gasteiger partial charge in [0.1, 0.15) is 12.4 Å². The van der Waals surface area contributed by atoms with E-state index in [4.69, 9.17) is 4.74 Å². The van der Waals surface area contributed by atoms with Crippen LogP contribution in [0.25, 0.3) is 0 Å². The summed E-state index contributed by atoms with van der Waals surface area (Å²) in [5.74, 6) is 2.19. The maximum atomic E-state index is 12.1. The highest BCUT2D eigenvalue weighted by atomic mass is 16.6. The SMILES string of the molecule is CCN1C(=O)OCc2cnc(N[C@@H](C)c3ccc(C(CC4CC4)N4CC5(CCN(C(C)=O)CC5)C4)cc3)nc21. The standard InChI is InChI=1S/C30H40N6O3/c1-4-36-27-25(17-39-29(36)38)16-31-28(33-27)32-20(2)23-7-9-24(10-8-23)26(15-22-5-6-22)35-18-30(19-35)11-13-34(14-12-30)21(3)37/h7-10,16,20,22,26H,4-6,11-15,17-19H2,1-3H3,(H,31,32,33)/t20-,26?/m0/s1. The molecule has 4 aliphatic rings. The van der Waals surface area contributed by atoms with Crippen molar-refractivity contribution >= 4 is 23.8 Å². The van der Waals surface area contributed by atoms with E-state index in [1.807, 2.05) is 11.8 Å². The van der Waals surface area contributed by atoms with Gasteiger partial charge in [0.15, 0.2) is 0 Å². The molecule has 1 spiro atoms. The molecule has 3 fully saturated rings. The molecule has 1 unspecified atom stereocenters. The van der Waals surface area contributed by atoms with Crippen LogP contribution in [-0.4, -0.2) is 64.5 Å². The Bertz CT molecular complexity index is 1210. The van der Waals surface area contributed by atoms with Crippen molar-refractivity contribution in [3.05, 3.63) is 47.2 Å². The summed E-state index contributed by atoms with van der Waals surface area (Å²) >= 11 is 0. The molecule has 0 radical (unpaired) electrons. The second-order valence-electron chi connectivity index (χ2n) is 12.0. The van der Waals surface area contributed by atoms with Crippen LogP contribution in [0.5, 0.6) is 0 Å². The number of fused-ring (bicyclic) bond motifs is 1. The lowest BCUT2D eigenvalue weighted by Crippen LogP contribution is -2.61. The van der Waals surface area contributed by atoms with Gasteiger partial charge < -0.3 is 15.0 Å². The van der Waals surface area contributed by atoms with Crippen molar-refractivity contribution in [2.75, 3.05) is 42.9 Å². The van der Waals surface area contributed by atoms with Gasteiger partial charge in [-0.25, -0.2) is 9.78 Å². The lowest BCUT2D eigenvalue weighted by Gasteiger charge is -2.56. The molecule has 1 aromatic carbocycles. The van der Waals surface area contributed by atoms with Crippen molar-refractivity contribution in [3.8, 4) is 0 Å². The van der Waals surface area contributed by atoms with Crippen molar-refractivity contribution in [3.63, 3.8) is 0 Å². The maximum absolute atomic E-state index is 12.1. The molecular formula is C30H40N6O3. The highest BCUT2D eigenvalue weighted by Crippen LogP contribution is 2.48. The first kappa shape index (κ1) is 26.0. The fraction of sp³-hybridized carbons (Fsp3) is 0.600. The molecule has 4 heterocycles. The molecule has 2 amide bonds. The van der Waals surface area contributed by atoms with Gasteiger partial charge in [-0.2, -0.15) is 4.98 Å². The third-order valence-corrected chi connectivity index (χ3v) is 9.19. The minimum atomic E-state index is -0.367. The Morgan fingerprint density at radius 1 is 1.15 bits per heavy atom. The fourth-order valence-electron chi connectivity index (χ4n) is 6.48. The number of benzene rings is 1. The number of cyclic esters (lactones) is 1. The zero-order valence-electron chi connectivity index (χ0n) is 23.4. The smallest absolute Gasteiger partial charge is 0.415 e. The molecule has 9 nitrogen and oxygen atoms in total. The van der Waals surface area contributed by atoms with Crippen LogP contribution in [0.4, 0.5) is 16.6 Å². The molecule has 2 atom stereocenters. The number of piperidine rings is 1. The van der Waals surface area contributed by atoms with Crippen molar-refractivity contribution in [2.24, 2.45) is 11.3 Å². The van der Waals surface area contributed by atoms with E-state index >= 15 is 0 Å². The molecule has 1 aromatic heterocycles. The monoisotopic (exact) mass is 532 g/mol. The lowest BCUT2D eigenvalue weighted by molar-refractivity contribution is -0.135. The molecule has 208 valence electrons. The Kier molecular flexibility index (Phi) is 6.95. The summed E-state index contributed by atoms with van der Waals surface area (Å²) in [6, 6.07) is 9.53. The van der Waals surface area contributed by atoms with Crippen LogP contribution in [0.15, 0.2) is 30.5 Å². The Morgan fingerprint density at radius 2 is 1.85 bits per heavy atom. The summed E-state index contributed by atoms with van der Waals surface area (Å²) in [4.78, 5) is 39.2. The predicted molar refractivity (Wildman–Crippen MR) is 149 cm³/mol. The van der Waals surface area contributed by atoms with E-state index in [1.54, 1.807) is 13.1 Å². The quantitative estimate of drug-likeness (QED) is 0.516. The van der Waals surface area contributed by atoms with Crippen LogP contribution in [0, 0.1) is 11.3 Å². The van der Waals surface area contributed by atoms with Gasteiger partial charge in [-0.3, -0.25) is 14.6 Å². The zero-order chi connectivity index (χ0) is 27.1. The highest BCUT2D eigenvalue weighted by molar-refractivity contribution is 5.89. The second-order valence-corrected chi connectivity index (χ2v) is 12.0. The number of hydrogen-bond donors (Lipinski definition) is 1. The van der Waals surface area contributed by atoms with Crippen molar-refractivity contribution < 1.29 is 14.3 Å². The predicted octanol–water partition coefficient (Wildman–Crippen LogP) is 4.91. The van der Waals surface area contributed by atoms with Crippen molar-refractivity contribution in [1.82, 2.24) is 19.8 Å². The number of rotatable bonds is 8. The number of amides is 2. The van der Waals surface area contributed by atoms with E-state index < -0.39 is 0 Å². The number of carbonyl (C=O) groups excluding carboxylic acids is 2. The Balaban J connectivity index is 1.11. The van der Waals surface area contributed by atoms with Gasteiger partial charge in [0.25, 0.3) is 0 Å². The van der Waals surface area contributed by atoms with E-state index in [0.29, 0.717) is 29.8 Å². The van der Waals surface area contributed by atoms with E-state index in [1.165, 1.54) is 35.3 Å². The van der Waals surface area contributed by atoms with Gasteiger partial charge >= 0.3 is 6.09 Å². The van der Waals surface area contributed by atoms with Crippen molar-refractivity contribution in [1.29, 1.82) is 0 Å². The van der Waals surface area contributed by atoms with Gasteiger partial charge in [0, 0.05) is 51.9 Å². The molecule has 0 bridgehead atoms. The average molecular weight is 533 g/mol. The van der Waals surface area contributed by atoms with Gasteiger partial charge in [0.05, 0.1) is 11.6 Å². The molecule has 1 saturated carbocycles. The second kappa shape index (κ2) is 10.4. The molecular weight excluding hydrogens is 492 g/mol. The normalized spacial score (nSPS) is 22.1. The summed E-state index contributed by atoms with van der Waals surface area (Å²) in [5.41, 5.74) is 3.79. The van der Waals surface area contributed by atoms with Gasteiger partial charge in [-0.05, 0) is 55.6 Å². The average Bonchev–Trinajstić information content (AvgIpc) is 3.75. The lowest BCUT2D eigenvalue weighted by atomic mass is 9.70. The molecule has 1 N–H and O–H groups in total. The van der Waals surface area contributed by atoms with Crippen LogP contribution >= 0.6 is 0 Å². The number of nitrogens with zero attached hydrogens (tertiary/aromatic N) is 5. The fourth-order valence-corrected chi connectivity index (χ4v) is 6.48. The summed E-state index contributed by atoms with van der Waals surface area (Å²) in [6.07, 6.45) is 7.58. The third kappa shape index (κ3) is 5.33. The minimum absolute atomic E-state index is 0.0170. The summed E-state index contributed by atoms with van der Waals surface area (Å²) in [7, 11) is 0. The topological polar surface area (TPSA) is 90.9 Å². The Morgan fingerprint density at radius 3 is 2.49 bits per heavy atom. The van der Waals surface area contributed by atoms with E-state index in [-0.39, 0.29) is 24.6 Å². The Labute approximate surface area is 230 Å². The number of ether oxygens (including phenoxy) is 1. The maximum Gasteiger partial charge on any atom is 0.415 e. The number of nitrogens with one attached hydrogen (secondary N) is 1. The third-order valence-electron chi connectivity index (χ3n) is 9.19. The van der Waals surface area contributed by atoms with Crippen LogP contribution in [0.3, 0.4) is 0 Å². The molecule has 2 aromatic rings. The largest absolute Gasteiger partial charge is 0.444 e. The van der Waals surface area contributed by atoms with Gasteiger partial charge in [-0.1, -0.05) is 37.1 Å². The molecule has 6 rings (SSSR count). The number of carbonyl (C=O) groups is 2. The number of anilines is 2. The van der Waals surface area contributed by atoms with E-state index in [9.17, 15) is 9.59 Å². The number of likely N-dealkylation sites (tertiary alicyclic amines) is 2. The van der Waals surface area contributed by atoms with Crippen LogP contribution in [0.1, 0.15) is 81.6 Å².